The molecule has 0 aliphatic heterocycles. The highest BCUT2D eigenvalue weighted by Crippen LogP contribution is 2.37. The van der Waals surface area contributed by atoms with Gasteiger partial charge in [0.25, 0.3) is 0 Å². The van der Waals surface area contributed by atoms with E-state index in [9.17, 15) is 4.39 Å². The Morgan fingerprint density at radius 2 is 1.95 bits per heavy atom. The van der Waals surface area contributed by atoms with Gasteiger partial charge in [-0.25, -0.2) is 4.39 Å². The molecule has 0 radical (unpaired) electrons. The first-order valence-electron chi connectivity index (χ1n) is 6.04. The summed E-state index contributed by atoms with van der Waals surface area (Å²) in [6.45, 7) is 0.461. The number of halogens is 2. The Kier molecular flexibility index (Phi) is 4.69. The third-order valence-corrected chi connectivity index (χ3v) is 3.29. The van der Waals surface area contributed by atoms with E-state index in [4.69, 9.17) is 21.1 Å². The summed E-state index contributed by atoms with van der Waals surface area (Å²) in [5, 5.41) is 3.59. The molecule has 3 nitrogen and oxygen atoms in total. The summed E-state index contributed by atoms with van der Waals surface area (Å²) >= 11 is 6.27. The zero-order valence-corrected chi connectivity index (χ0v) is 12.0. The number of hydrogen-bond acceptors (Lipinski definition) is 3. The molecule has 1 N–H and O–H groups in total. The van der Waals surface area contributed by atoms with Crippen LogP contribution in [0, 0.1) is 5.82 Å². The van der Waals surface area contributed by atoms with Crippen LogP contribution in [0.25, 0.3) is 0 Å². The Morgan fingerprint density at radius 1 is 1.15 bits per heavy atom. The second-order valence-corrected chi connectivity index (χ2v) is 4.52. The standard InChI is InChI=1S/C15H15ClFNO2/c1-19-13-7-6-10(14(16)15(13)20-2)9-18-12-5-3-4-11(17)8-12/h3-8,18H,9H2,1-2H3. The Hall–Kier alpha value is -1.94. The van der Waals surface area contributed by atoms with Crippen molar-refractivity contribution in [1.82, 2.24) is 0 Å². The largest absolute Gasteiger partial charge is 0.493 e. The molecule has 0 saturated heterocycles. The maximum absolute atomic E-state index is 13.1. The molecule has 0 amide bonds. The zero-order valence-electron chi connectivity index (χ0n) is 11.2. The molecule has 0 aromatic heterocycles. The van der Waals surface area contributed by atoms with Gasteiger partial charge in [-0.1, -0.05) is 23.7 Å². The minimum Gasteiger partial charge on any atom is -0.493 e. The molecule has 2 aromatic carbocycles. The first-order chi connectivity index (χ1) is 9.65. The normalized spacial score (nSPS) is 10.2. The quantitative estimate of drug-likeness (QED) is 0.900. The van der Waals surface area contributed by atoms with Gasteiger partial charge in [0.15, 0.2) is 11.5 Å². The molecule has 2 aromatic rings. The minimum absolute atomic E-state index is 0.284. The summed E-state index contributed by atoms with van der Waals surface area (Å²) in [7, 11) is 3.09. The van der Waals surface area contributed by atoms with Crippen molar-refractivity contribution in [2.75, 3.05) is 19.5 Å². The van der Waals surface area contributed by atoms with Gasteiger partial charge in [-0.3, -0.25) is 0 Å². The maximum Gasteiger partial charge on any atom is 0.179 e. The fourth-order valence-electron chi connectivity index (χ4n) is 1.86. The molecular weight excluding hydrogens is 281 g/mol. The lowest BCUT2D eigenvalue weighted by Gasteiger charge is -2.13. The number of nitrogens with one attached hydrogen (secondary N) is 1. The number of anilines is 1. The van der Waals surface area contributed by atoms with Gasteiger partial charge in [0, 0.05) is 12.2 Å². The van der Waals surface area contributed by atoms with Crippen LogP contribution in [0.2, 0.25) is 5.02 Å². The predicted octanol–water partition coefficient (Wildman–Crippen LogP) is 4.11. The van der Waals surface area contributed by atoms with E-state index >= 15 is 0 Å². The average Bonchev–Trinajstić information content (AvgIpc) is 2.45. The molecule has 106 valence electrons. The van der Waals surface area contributed by atoms with Crippen LogP contribution in [-0.4, -0.2) is 14.2 Å². The van der Waals surface area contributed by atoms with E-state index in [0.29, 0.717) is 28.8 Å². The van der Waals surface area contributed by atoms with E-state index in [1.165, 1.54) is 19.2 Å². The predicted molar refractivity (Wildman–Crippen MR) is 78.3 cm³/mol. The topological polar surface area (TPSA) is 30.5 Å². The third-order valence-electron chi connectivity index (χ3n) is 2.87. The number of ether oxygens (including phenoxy) is 2. The van der Waals surface area contributed by atoms with Gasteiger partial charge in [0.2, 0.25) is 0 Å². The summed E-state index contributed by atoms with van der Waals surface area (Å²) in [5.41, 5.74) is 1.53. The molecule has 0 spiro atoms. The Morgan fingerprint density at radius 3 is 2.60 bits per heavy atom. The molecule has 20 heavy (non-hydrogen) atoms. The van der Waals surface area contributed by atoms with Crippen LogP contribution in [0.15, 0.2) is 36.4 Å². The van der Waals surface area contributed by atoms with Gasteiger partial charge in [-0.15, -0.1) is 0 Å². The van der Waals surface area contributed by atoms with Crippen LogP contribution in [0.3, 0.4) is 0 Å². The molecule has 0 saturated carbocycles. The van der Waals surface area contributed by atoms with E-state index in [2.05, 4.69) is 5.32 Å². The summed E-state index contributed by atoms with van der Waals surface area (Å²) < 4.78 is 23.5. The second-order valence-electron chi connectivity index (χ2n) is 4.14. The van der Waals surface area contributed by atoms with Gasteiger partial charge < -0.3 is 14.8 Å². The lowest BCUT2D eigenvalue weighted by atomic mass is 10.2. The van der Waals surface area contributed by atoms with Crippen LogP contribution >= 0.6 is 11.6 Å². The fraction of sp³-hybridized carbons (Fsp3) is 0.200. The zero-order chi connectivity index (χ0) is 14.5. The summed E-state index contributed by atoms with van der Waals surface area (Å²) in [5.74, 6) is 0.785. The van der Waals surface area contributed by atoms with Gasteiger partial charge in [-0.05, 0) is 29.8 Å². The first-order valence-corrected chi connectivity index (χ1v) is 6.42. The SMILES string of the molecule is COc1ccc(CNc2cccc(F)c2)c(Cl)c1OC. The third kappa shape index (κ3) is 3.14. The van der Waals surface area contributed by atoms with Crippen LogP contribution in [0.4, 0.5) is 10.1 Å². The summed E-state index contributed by atoms with van der Waals surface area (Å²) in [4.78, 5) is 0. The molecule has 0 heterocycles. The van der Waals surface area contributed by atoms with Crippen molar-refractivity contribution < 1.29 is 13.9 Å². The van der Waals surface area contributed by atoms with Crippen molar-refractivity contribution in [2.24, 2.45) is 0 Å². The monoisotopic (exact) mass is 295 g/mol. The fourth-order valence-corrected chi connectivity index (χ4v) is 2.16. The van der Waals surface area contributed by atoms with Crippen molar-refractivity contribution in [1.29, 1.82) is 0 Å². The maximum atomic E-state index is 13.1. The Balaban J connectivity index is 2.18. The molecule has 5 heteroatoms. The van der Waals surface area contributed by atoms with Gasteiger partial charge in [0.1, 0.15) is 5.82 Å². The summed E-state index contributed by atoms with van der Waals surface area (Å²) in [6, 6.07) is 9.89. The minimum atomic E-state index is -0.284. The average molecular weight is 296 g/mol. The van der Waals surface area contributed by atoms with Crippen LogP contribution < -0.4 is 14.8 Å². The number of rotatable bonds is 5. The molecule has 0 bridgehead atoms. The lowest BCUT2D eigenvalue weighted by molar-refractivity contribution is 0.355. The molecule has 0 unspecified atom stereocenters. The van der Waals surface area contributed by atoms with E-state index in [-0.39, 0.29) is 5.82 Å². The van der Waals surface area contributed by atoms with E-state index in [1.54, 1.807) is 25.3 Å². The van der Waals surface area contributed by atoms with E-state index < -0.39 is 0 Å². The molecule has 0 aliphatic rings. The van der Waals surface area contributed by atoms with Gasteiger partial charge in [-0.2, -0.15) is 0 Å². The smallest absolute Gasteiger partial charge is 0.179 e. The van der Waals surface area contributed by atoms with E-state index in [1.807, 2.05) is 6.07 Å². The highest BCUT2D eigenvalue weighted by Gasteiger charge is 2.12. The molecular formula is C15H15ClFNO2. The van der Waals surface area contributed by atoms with Gasteiger partial charge in [0.05, 0.1) is 19.2 Å². The number of hydrogen-bond donors (Lipinski definition) is 1. The first kappa shape index (κ1) is 14.5. The molecule has 0 aliphatic carbocycles. The van der Waals surface area contributed by atoms with Crippen molar-refractivity contribution in [3.63, 3.8) is 0 Å². The highest BCUT2D eigenvalue weighted by molar-refractivity contribution is 6.33. The van der Waals surface area contributed by atoms with Crippen LogP contribution in [-0.2, 0) is 6.54 Å². The Bertz CT molecular complexity index is 604. The van der Waals surface area contributed by atoms with Crippen molar-refractivity contribution in [3.8, 4) is 11.5 Å². The number of benzene rings is 2. The lowest BCUT2D eigenvalue weighted by Crippen LogP contribution is -2.02. The van der Waals surface area contributed by atoms with Crippen LogP contribution in [0.5, 0.6) is 11.5 Å². The Labute approximate surface area is 122 Å². The molecule has 0 fully saturated rings. The van der Waals surface area contributed by atoms with Crippen LogP contribution in [0.1, 0.15) is 5.56 Å². The van der Waals surface area contributed by atoms with Gasteiger partial charge >= 0.3 is 0 Å². The highest BCUT2D eigenvalue weighted by atomic mass is 35.5. The van der Waals surface area contributed by atoms with E-state index in [0.717, 1.165) is 5.56 Å². The molecule has 2 rings (SSSR count). The van der Waals surface area contributed by atoms with Crippen molar-refractivity contribution in [2.45, 2.75) is 6.54 Å². The van der Waals surface area contributed by atoms with Crippen molar-refractivity contribution >= 4 is 17.3 Å². The summed E-state index contributed by atoms with van der Waals surface area (Å²) in [6.07, 6.45) is 0. The van der Waals surface area contributed by atoms with Crippen molar-refractivity contribution in [3.05, 3.63) is 52.8 Å². The second kappa shape index (κ2) is 6.48. The number of methoxy groups -OCH3 is 2. The molecule has 0 atom stereocenters.